The van der Waals surface area contributed by atoms with E-state index in [1.807, 2.05) is 0 Å². The van der Waals surface area contributed by atoms with Gasteiger partial charge in [-0.3, -0.25) is 0 Å². The molecule has 0 heterocycles. The molecule has 0 fully saturated rings. The number of rotatable bonds is 3. The molecule has 0 unspecified atom stereocenters. The van der Waals surface area contributed by atoms with E-state index in [0.717, 1.165) is 0 Å². The van der Waals surface area contributed by atoms with Crippen LogP contribution in [0.25, 0.3) is 0 Å². The van der Waals surface area contributed by atoms with Crippen LogP contribution in [0.1, 0.15) is 5.56 Å². The predicted octanol–water partition coefficient (Wildman–Crippen LogP) is 1.43. The van der Waals surface area contributed by atoms with Gasteiger partial charge in [0.25, 0.3) is 0 Å². The first-order chi connectivity index (χ1) is 6.65. The third-order valence-electron chi connectivity index (χ3n) is 1.89. The smallest absolute Gasteiger partial charge is 0.185 e. The topological polar surface area (TPSA) is 64.7 Å². The van der Waals surface area contributed by atoms with Crippen molar-refractivity contribution in [3.8, 4) is 11.5 Å². The van der Waals surface area contributed by atoms with Crippen LogP contribution in [-0.4, -0.2) is 19.3 Å². The highest BCUT2D eigenvalue weighted by atomic mass is 35.5. The van der Waals surface area contributed by atoms with Gasteiger partial charge in [-0.25, -0.2) is 0 Å². The molecule has 0 saturated heterocycles. The Labute approximate surface area is 87.2 Å². The summed E-state index contributed by atoms with van der Waals surface area (Å²) in [5, 5.41) is 9.35. The van der Waals surface area contributed by atoms with Gasteiger partial charge in [0.2, 0.25) is 0 Å². The van der Waals surface area contributed by atoms with Crippen molar-refractivity contribution in [3.63, 3.8) is 0 Å². The Morgan fingerprint density at radius 3 is 2.36 bits per heavy atom. The minimum atomic E-state index is -0.189. The largest absolute Gasteiger partial charge is 0.491 e. The molecular formula is C9H12ClNO3. The van der Waals surface area contributed by atoms with Crippen LogP contribution in [0.5, 0.6) is 11.5 Å². The second kappa shape index (κ2) is 4.39. The second-order valence-electron chi connectivity index (χ2n) is 2.66. The monoisotopic (exact) mass is 217 g/mol. The third kappa shape index (κ3) is 1.71. The number of hydrogen-bond acceptors (Lipinski definition) is 4. The highest BCUT2D eigenvalue weighted by Crippen LogP contribution is 2.41. The molecule has 5 heteroatoms. The van der Waals surface area contributed by atoms with Crippen LogP contribution in [0.3, 0.4) is 0 Å². The van der Waals surface area contributed by atoms with Crippen LogP contribution < -0.4 is 15.2 Å². The van der Waals surface area contributed by atoms with Gasteiger partial charge < -0.3 is 20.3 Å². The lowest BCUT2D eigenvalue weighted by molar-refractivity contribution is 0.281. The van der Waals surface area contributed by atoms with Gasteiger partial charge in [-0.15, -0.1) is 0 Å². The quantitative estimate of drug-likeness (QED) is 0.752. The molecule has 0 aliphatic carbocycles. The van der Waals surface area contributed by atoms with E-state index >= 15 is 0 Å². The van der Waals surface area contributed by atoms with Crippen molar-refractivity contribution >= 4 is 17.3 Å². The van der Waals surface area contributed by atoms with E-state index in [9.17, 15) is 0 Å². The zero-order chi connectivity index (χ0) is 10.7. The van der Waals surface area contributed by atoms with Crippen molar-refractivity contribution in [2.45, 2.75) is 6.61 Å². The van der Waals surface area contributed by atoms with Gasteiger partial charge in [0.05, 0.1) is 31.5 Å². The Hall–Kier alpha value is -1.13. The summed E-state index contributed by atoms with van der Waals surface area (Å²) in [5.74, 6) is 0.730. The van der Waals surface area contributed by atoms with Crippen LogP contribution in [0.15, 0.2) is 6.07 Å². The Bertz CT molecular complexity index is 341. The number of benzene rings is 1. The summed E-state index contributed by atoms with van der Waals surface area (Å²) in [4.78, 5) is 0. The number of nitrogens with two attached hydrogens (primary N) is 1. The maximum absolute atomic E-state index is 8.99. The van der Waals surface area contributed by atoms with Crippen LogP contribution in [0.4, 0.5) is 5.69 Å². The maximum atomic E-state index is 8.99. The van der Waals surface area contributed by atoms with E-state index in [2.05, 4.69) is 0 Å². The number of halogens is 1. The predicted molar refractivity (Wildman–Crippen MR) is 54.9 cm³/mol. The lowest BCUT2D eigenvalue weighted by Gasteiger charge is -2.14. The van der Waals surface area contributed by atoms with Crippen LogP contribution in [-0.2, 0) is 6.61 Å². The molecule has 0 bridgehead atoms. The molecule has 0 radical (unpaired) electrons. The fraction of sp³-hybridized carbons (Fsp3) is 0.333. The number of aliphatic hydroxyl groups excluding tert-OH is 1. The second-order valence-corrected chi connectivity index (χ2v) is 3.06. The summed E-state index contributed by atoms with van der Waals surface area (Å²) < 4.78 is 10.1. The first-order valence-electron chi connectivity index (χ1n) is 3.95. The summed E-state index contributed by atoms with van der Waals surface area (Å²) >= 11 is 5.89. The number of aliphatic hydroxyl groups is 1. The Morgan fingerprint density at radius 1 is 1.36 bits per heavy atom. The first-order valence-corrected chi connectivity index (χ1v) is 4.33. The van der Waals surface area contributed by atoms with Crippen LogP contribution >= 0.6 is 11.6 Å². The van der Waals surface area contributed by atoms with Gasteiger partial charge >= 0.3 is 0 Å². The van der Waals surface area contributed by atoms with Crippen molar-refractivity contribution in [1.82, 2.24) is 0 Å². The summed E-state index contributed by atoms with van der Waals surface area (Å²) in [6.45, 7) is -0.189. The number of nitrogen functional groups attached to an aromatic ring is 1. The average molecular weight is 218 g/mol. The molecule has 0 amide bonds. The molecule has 1 aromatic carbocycles. The van der Waals surface area contributed by atoms with Gasteiger partial charge in [0.1, 0.15) is 0 Å². The molecule has 14 heavy (non-hydrogen) atoms. The lowest BCUT2D eigenvalue weighted by Crippen LogP contribution is -2.01. The van der Waals surface area contributed by atoms with E-state index in [1.54, 1.807) is 6.07 Å². The summed E-state index contributed by atoms with van der Waals surface area (Å²) in [6, 6.07) is 1.55. The highest BCUT2D eigenvalue weighted by molar-refractivity contribution is 6.32. The Balaban J connectivity index is 3.40. The van der Waals surface area contributed by atoms with E-state index < -0.39 is 0 Å². The van der Waals surface area contributed by atoms with Crippen molar-refractivity contribution in [1.29, 1.82) is 0 Å². The Kier molecular flexibility index (Phi) is 3.43. The van der Waals surface area contributed by atoms with E-state index in [0.29, 0.717) is 27.8 Å². The molecular weight excluding hydrogens is 206 g/mol. The van der Waals surface area contributed by atoms with Crippen LogP contribution in [0, 0.1) is 0 Å². The SMILES string of the molecule is COc1c(Cl)cc(CO)c(N)c1OC. The zero-order valence-corrected chi connectivity index (χ0v) is 8.76. The normalized spacial score (nSPS) is 10.0. The molecule has 1 rings (SSSR count). The van der Waals surface area contributed by atoms with Crippen molar-refractivity contribution in [2.24, 2.45) is 0 Å². The molecule has 3 N–H and O–H groups in total. The molecule has 0 aliphatic heterocycles. The molecule has 0 aromatic heterocycles. The molecule has 0 atom stereocenters. The molecule has 0 aliphatic rings. The fourth-order valence-corrected chi connectivity index (χ4v) is 1.49. The number of hydrogen-bond donors (Lipinski definition) is 2. The number of anilines is 1. The van der Waals surface area contributed by atoms with Crippen molar-refractivity contribution < 1.29 is 14.6 Å². The minimum Gasteiger partial charge on any atom is -0.491 e. The maximum Gasteiger partial charge on any atom is 0.185 e. The molecule has 1 aromatic rings. The molecule has 4 nitrogen and oxygen atoms in total. The average Bonchev–Trinajstić information content (AvgIpc) is 2.20. The zero-order valence-electron chi connectivity index (χ0n) is 8.00. The number of methoxy groups -OCH3 is 2. The van der Waals surface area contributed by atoms with Crippen LogP contribution in [0.2, 0.25) is 5.02 Å². The standard InChI is InChI=1S/C9H12ClNO3/c1-13-8-6(10)3-5(4-12)7(11)9(8)14-2/h3,12H,4,11H2,1-2H3. The third-order valence-corrected chi connectivity index (χ3v) is 2.17. The van der Waals surface area contributed by atoms with Gasteiger partial charge in [-0.2, -0.15) is 0 Å². The van der Waals surface area contributed by atoms with Gasteiger partial charge in [0, 0.05) is 5.56 Å². The molecule has 78 valence electrons. The summed E-state index contributed by atoms with van der Waals surface area (Å²) in [5.41, 5.74) is 6.59. The van der Waals surface area contributed by atoms with Crippen molar-refractivity contribution in [2.75, 3.05) is 20.0 Å². The Morgan fingerprint density at radius 2 is 1.93 bits per heavy atom. The van der Waals surface area contributed by atoms with Gasteiger partial charge in [-0.1, -0.05) is 11.6 Å². The van der Waals surface area contributed by atoms with E-state index in [-0.39, 0.29) is 6.61 Å². The molecule has 0 saturated carbocycles. The van der Waals surface area contributed by atoms with Gasteiger partial charge in [-0.05, 0) is 6.07 Å². The van der Waals surface area contributed by atoms with E-state index in [1.165, 1.54) is 14.2 Å². The summed E-state index contributed by atoms with van der Waals surface area (Å²) in [7, 11) is 2.94. The molecule has 0 spiro atoms. The highest BCUT2D eigenvalue weighted by Gasteiger charge is 2.15. The minimum absolute atomic E-state index is 0.189. The fourth-order valence-electron chi connectivity index (χ4n) is 1.20. The van der Waals surface area contributed by atoms with E-state index in [4.69, 9.17) is 31.9 Å². The van der Waals surface area contributed by atoms with Crippen molar-refractivity contribution in [3.05, 3.63) is 16.7 Å². The number of ether oxygens (including phenoxy) is 2. The summed E-state index contributed by atoms with van der Waals surface area (Å²) in [6.07, 6.45) is 0. The lowest BCUT2D eigenvalue weighted by atomic mass is 10.1. The van der Waals surface area contributed by atoms with Gasteiger partial charge in [0.15, 0.2) is 11.5 Å². The first kappa shape index (κ1) is 10.9.